The van der Waals surface area contributed by atoms with Gasteiger partial charge in [-0.2, -0.15) is 8.42 Å². The molecule has 0 unspecified atom stereocenters. The van der Waals surface area contributed by atoms with Crippen molar-refractivity contribution >= 4 is 56.2 Å². The van der Waals surface area contributed by atoms with Gasteiger partial charge in [-0.25, -0.2) is 14.1 Å². The third-order valence-corrected chi connectivity index (χ3v) is 7.01. The number of nitrogen functional groups attached to an aromatic ring is 1. The quantitative estimate of drug-likeness (QED) is 0.128. The Balaban J connectivity index is 1.87. The van der Waals surface area contributed by atoms with Gasteiger partial charge in [0.05, 0.1) is 6.04 Å². The van der Waals surface area contributed by atoms with E-state index >= 15 is 0 Å². The summed E-state index contributed by atoms with van der Waals surface area (Å²) in [4.78, 5) is 59.4. The minimum absolute atomic E-state index is 0.0664. The van der Waals surface area contributed by atoms with E-state index < -0.39 is 51.5 Å². The molecule has 35 heavy (non-hydrogen) atoms. The van der Waals surface area contributed by atoms with Crippen LogP contribution in [0.15, 0.2) is 10.5 Å². The Morgan fingerprint density at radius 2 is 2.06 bits per heavy atom. The third-order valence-electron chi connectivity index (χ3n) is 5.39. The van der Waals surface area contributed by atoms with Gasteiger partial charge in [-0.1, -0.05) is 5.16 Å². The van der Waals surface area contributed by atoms with E-state index in [-0.39, 0.29) is 34.0 Å². The van der Waals surface area contributed by atoms with Crippen LogP contribution in [0.3, 0.4) is 0 Å². The van der Waals surface area contributed by atoms with Crippen molar-refractivity contribution in [2.24, 2.45) is 5.16 Å². The molecule has 2 atom stereocenters. The summed E-state index contributed by atoms with van der Waals surface area (Å²) in [7, 11) is -4.96. The van der Waals surface area contributed by atoms with Gasteiger partial charge in [0.25, 0.3) is 11.8 Å². The molecule has 0 radical (unpaired) electrons. The van der Waals surface area contributed by atoms with Crippen LogP contribution < -0.4 is 11.1 Å². The van der Waals surface area contributed by atoms with Crippen molar-refractivity contribution in [3.63, 3.8) is 0 Å². The Bertz CT molecular complexity index is 1180. The van der Waals surface area contributed by atoms with Gasteiger partial charge in [-0.05, 0) is 26.7 Å². The molecule has 1 aromatic heterocycles. The number of hydrogen-bond acceptors (Lipinski definition) is 11. The Morgan fingerprint density at radius 1 is 1.37 bits per heavy atom. The molecule has 3 heterocycles. The number of nitrogens with zero attached hydrogens (tertiary/aromatic N) is 4. The summed E-state index contributed by atoms with van der Waals surface area (Å²) >= 11 is 0.959. The first kappa shape index (κ1) is 26.3. The molecule has 3 rings (SSSR count). The van der Waals surface area contributed by atoms with Gasteiger partial charge in [0.15, 0.2) is 10.8 Å². The average molecular weight is 533 g/mol. The van der Waals surface area contributed by atoms with E-state index in [4.69, 9.17) is 10.6 Å². The monoisotopic (exact) mass is 532 g/mol. The number of carbonyl (C=O) groups excluding carboxylic acids is 3. The molecular weight excluding hydrogens is 508 g/mol. The molecule has 5 N–H and O–H groups in total. The number of carboxylic acids is 1. The van der Waals surface area contributed by atoms with Crippen molar-refractivity contribution in [3.8, 4) is 0 Å². The second-order valence-corrected chi connectivity index (χ2v) is 10.5. The van der Waals surface area contributed by atoms with Gasteiger partial charge < -0.3 is 25.9 Å². The topological polar surface area (TPSA) is 222 Å². The summed E-state index contributed by atoms with van der Waals surface area (Å²) in [6.45, 7) is 2.46. The lowest BCUT2D eigenvalue weighted by Crippen LogP contribution is -2.75. The molecule has 2 fully saturated rings. The van der Waals surface area contributed by atoms with E-state index in [1.54, 1.807) is 0 Å². The number of amides is 3. The van der Waals surface area contributed by atoms with Crippen LogP contribution in [0.25, 0.3) is 0 Å². The zero-order valence-electron chi connectivity index (χ0n) is 18.7. The fourth-order valence-corrected chi connectivity index (χ4v) is 4.85. The number of nitrogens with two attached hydrogens (primary N) is 1. The predicted molar refractivity (Wildman–Crippen MR) is 120 cm³/mol. The highest BCUT2D eigenvalue weighted by molar-refractivity contribution is 7.84. The van der Waals surface area contributed by atoms with E-state index in [0.717, 1.165) is 11.3 Å². The first-order valence-corrected chi connectivity index (χ1v) is 12.6. The number of carbonyl (C=O) groups is 4. The lowest BCUT2D eigenvalue weighted by molar-refractivity contribution is -0.161. The average Bonchev–Trinajstić information content (AvgIpc) is 3.17. The first-order chi connectivity index (χ1) is 16.2. The maximum atomic E-state index is 13.0. The van der Waals surface area contributed by atoms with E-state index in [2.05, 4.69) is 15.5 Å². The summed E-state index contributed by atoms with van der Waals surface area (Å²) < 4.78 is 33.2. The van der Waals surface area contributed by atoms with Crippen molar-refractivity contribution in [2.75, 3.05) is 18.8 Å². The molecule has 0 bridgehead atoms. The maximum absolute atomic E-state index is 13.0. The highest BCUT2D eigenvalue weighted by Crippen LogP contribution is 2.26. The zero-order valence-corrected chi connectivity index (χ0v) is 20.3. The lowest BCUT2D eigenvalue weighted by Gasteiger charge is -2.46. The molecule has 3 amide bonds. The number of carboxylic acid groups (broad SMARTS) is 1. The number of rotatable bonds is 9. The van der Waals surface area contributed by atoms with Gasteiger partial charge in [-0.3, -0.25) is 18.9 Å². The van der Waals surface area contributed by atoms with E-state index in [1.165, 1.54) is 24.1 Å². The third kappa shape index (κ3) is 5.68. The standard InChI is InChI=1S/C18H24N6O9S2/c1-18(2,16(28)29)33-22-12(9-8-34-17(19)20-9)14(26)21-13-10(24(15(13)27)35(30,31)32)7-23-6-4-3-5-11(23)25/h8,10,13H,3-7H2,1-2H3,(H2,19,20)(H,21,26)(H,28,29)(H,30,31,32)/t10-,13-/m0/s1. The molecule has 1 aromatic rings. The van der Waals surface area contributed by atoms with Crippen LogP contribution in [0.1, 0.15) is 38.8 Å². The number of hydrogen-bond donors (Lipinski definition) is 4. The van der Waals surface area contributed by atoms with Crippen molar-refractivity contribution in [3.05, 3.63) is 11.1 Å². The molecule has 0 spiro atoms. The Labute approximate surface area is 203 Å². The summed E-state index contributed by atoms with van der Waals surface area (Å²) in [5, 5.41) is 16.6. The fourth-order valence-electron chi connectivity index (χ4n) is 3.43. The lowest BCUT2D eigenvalue weighted by atomic mass is 9.96. The number of piperidine rings is 1. The molecule has 2 aliphatic heterocycles. The number of aliphatic carboxylic acids is 1. The molecular formula is C18H24N6O9S2. The number of anilines is 1. The molecule has 192 valence electrons. The number of oxime groups is 1. The first-order valence-electron chi connectivity index (χ1n) is 10.3. The Hall–Kier alpha value is -3.31. The highest BCUT2D eigenvalue weighted by Gasteiger charge is 2.55. The van der Waals surface area contributed by atoms with Crippen molar-refractivity contribution in [1.82, 2.24) is 19.5 Å². The Kier molecular flexibility index (Phi) is 7.32. The van der Waals surface area contributed by atoms with Crippen LogP contribution in [-0.2, 0) is 34.3 Å². The molecule has 2 saturated heterocycles. The van der Waals surface area contributed by atoms with Crippen molar-refractivity contribution in [2.45, 2.75) is 50.8 Å². The molecule has 0 saturated carbocycles. The highest BCUT2D eigenvalue weighted by atomic mass is 32.2. The zero-order chi connectivity index (χ0) is 26.1. The van der Waals surface area contributed by atoms with Gasteiger partial charge >= 0.3 is 16.3 Å². The van der Waals surface area contributed by atoms with Gasteiger partial charge in [0.1, 0.15) is 11.7 Å². The molecule has 15 nitrogen and oxygen atoms in total. The second-order valence-electron chi connectivity index (χ2n) is 8.34. The van der Waals surface area contributed by atoms with E-state index in [1.807, 2.05) is 0 Å². The van der Waals surface area contributed by atoms with E-state index in [9.17, 15) is 37.3 Å². The largest absolute Gasteiger partial charge is 0.478 e. The van der Waals surface area contributed by atoms with Gasteiger partial charge in [-0.15, -0.1) is 11.3 Å². The summed E-state index contributed by atoms with van der Waals surface area (Å²) in [6.07, 6.45) is 1.60. The van der Waals surface area contributed by atoms with Crippen LogP contribution >= 0.6 is 11.3 Å². The van der Waals surface area contributed by atoms with Crippen LogP contribution in [0, 0.1) is 0 Å². The smallest absolute Gasteiger partial charge is 0.362 e. The SMILES string of the molecule is CC(C)(ON=C(C(=O)N[C@@H]1C(=O)N(S(=O)(=O)O)[C@H]1CN1CCCCC1=O)c1csc(N)n1)C(=O)O. The molecule has 0 aromatic carbocycles. The number of β-lactam (4-membered cyclic amide) rings is 1. The summed E-state index contributed by atoms with van der Waals surface area (Å²) in [5.74, 6) is -3.79. The number of nitrogens with one attached hydrogen (secondary N) is 1. The summed E-state index contributed by atoms with van der Waals surface area (Å²) in [6, 6.07) is -2.71. The van der Waals surface area contributed by atoms with Crippen LogP contribution in [0.5, 0.6) is 0 Å². The number of likely N-dealkylation sites (tertiary alicyclic amines) is 1. The maximum Gasteiger partial charge on any atom is 0.362 e. The van der Waals surface area contributed by atoms with Crippen molar-refractivity contribution < 1.29 is 42.1 Å². The summed E-state index contributed by atoms with van der Waals surface area (Å²) in [5.41, 5.74) is 3.19. The Morgan fingerprint density at radius 3 is 2.60 bits per heavy atom. The minimum atomic E-state index is -4.96. The number of aromatic nitrogens is 1. The van der Waals surface area contributed by atoms with Gasteiger partial charge in [0, 0.05) is 24.9 Å². The predicted octanol–water partition coefficient (Wildman–Crippen LogP) is -1.18. The normalized spacial score (nSPS) is 21.5. The molecule has 0 aliphatic carbocycles. The minimum Gasteiger partial charge on any atom is -0.478 e. The fraction of sp³-hybridized carbons (Fsp3) is 0.556. The van der Waals surface area contributed by atoms with Gasteiger partial charge in [0.2, 0.25) is 11.5 Å². The molecule has 2 aliphatic rings. The second kappa shape index (κ2) is 9.74. The number of thiazole rings is 1. The van der Waals surface area contributed by atoms with E-state index in [0.29, 0.717) is 19.4 Å². The van der Waals surface area contributed by atoms with Crippen molar-refractivity contribution in [1.29, 1.82) is 0 Å². The van der Waals surface area contributed by atoms with Crippen LogP contribution in [0.4, 0.5) is 5.13 Å². The van der Waals surface area contributed by atoms with Crippen LogP contribution in [0.2, 0.25) is 0 Å². The molecule has 17 heteroatoms. The van der Waals surface area contributed by atoms with Crippen LogP contribution in [-0.4, -0.2) is 92.4 Å².